The number of methoxy groups -OCH3 is 1. The van der Waals surface area contributed by atoms with E-state index in [-0.39, 0.29) is 18.0 Å². The molecule has 1 unspecified atom stereocenters. The summed E-state index contributed by atoms with van der Waals surface area (Å²) in [6.45, 7) is 0.899. The lowest BCUT2D eigenvalue weighted by molar-refractivity contribution is -0.485. The van der Waals surface area contributed by atoms with Crippen LogP contribution < -0.4 is 22.1 Å². The zero-order valence-corrected chi connectivity index (χ0v) is 14.8. The van der Waals surface area contributed by atoms with Crippen molar-refractivity contribution < 1.29 is 14.6 Å². The number of carbonyl (C=O) groups is 1. The van der Waals surface area contributed by atoms with Gasteiger partial charge in [-0.15, -0.1) is 0 Å². The third-order valence-electron chi connectivity index (χ3n) is 3.72. The smallest absolute Gasteiger partial charge is 0.322 e. The largest absolute Gasteiger partial charge is 0.468 e. The Morgan fingerprint density at radius 1 is 1.31 bits per heavy atom. The minimum absolute atomic E-state index is 0.123. The molecule has 1 rings (SSSR count). The molecule has 26 heavy (non-hydrogen) atoms. The number of esters is 1. The molecule has 0 radical (unpaired) electrons. The van der Waals surface area contributed by atoms with Gasteiger partial charge < -0.3 is 26.8 Å². The van der Waals surface area contributed by atoms with Crippen molar-refractivity contribution in [3.8, 4) is 0 Å². The Hall–Kier alpha value is -2.72. The fraction of sp³-hybridized carbons (Fsp3) is 0.500. The van der Waals surface area contributed by atoms with E-state index in [2.05, 4.69) is 15.7 Å². The summed E-state index contributed by atoms with van der Waals surface area (Å²) in [5.41, 5.74) is 12.5. The molecule has 0 saturated heterocycles. The number of carbonyl (C=O) groups excluding carboxylic acids is 1. The molecule has 6 N–H and O–H groups in total. The van der Waals surface area contributed by atoms with Crippen LogP contribution in [0.15, 0.2) is 35.4 Å². The molecule has 0 aliphatic heterocycles. The van der Waals surface area contributed by atoms with Crippen LogP contribution in [0.4, 0.5) is 0 Å². The molecule has 0 fully saturated rings. The zero-order chi connectivity index (χ0) is 19.4. The molecule has 1 aromatic rings. The van der Waals surface area contributed by atoms with Gasteiger partial charge in [0.1, 0.15) is 11.1 Å². The van der Waals surface area contributed by atoms with Crippen LogP contribution in [-0.4, -0.2) is 43.2 Å². The number of ether oxygens (including phenoxy) is 1. The molecule has 0 aromatic heterocycles. The van der Waals surface area contributed by atoms with Crippen molar-refractivity contribution in [2.75, 3.05) is 20.2 Å². The van der Waals surface area contributed by atoms with Crippen molar-refractivity contribution in [1.29, 1.82) is 0 Å². The summed E-state index contributed by atoms with van der Waals surface area (Å²) < 4.78 is 4.79. The van der Waals surface area contributed by atoms with Crippen molar-refractivity contribution >= 4 is 11.9 Å². The van der Waals surface area contributed by atoms with E-state index in [9.17, 15) is 14.9 Å². The maximum absolute atomic E-state index is 11.9. The average molecular weight is 366 g/mol. The number of hydrazone groups is 1. The van der Waals surface area contributed by atoms with Gasteiger partial charge in [-0.2, -0.15) is 0 Å². The monoisotopic (exact) mass is 366 g/mol. The lowest BCUT2D eigenvalue weighted by Gasteiger charge is -2.18. The van der Waals surface area contributed by atoms with Crippen LogP contribution in [0.1, 0.15) is 30.9 Å². The van der Waals surface area contributed by atoms with Gasteiger partial charge in [-0.05, 0) is 31.4 Å². The highest BCUT2D eigenvalue weighted by atomic mass is 16.7. The third kappa shape index (κ3) is 8.40. The first-order valence-electron chi connectivity index (χ1n) is 8.28. The molecule has 144 valence electrons. The number of nitrogens with zero attached hydrogens (tertiary/aromatic N) is 2. The van der Waals surface area contributed by atoms with E-state index in [1.165, 1.54) is 7.11 Å². The molecule has 0 amide bonds. The van der Waals surface area contributed by atoms with Gasteiger partial charge in [0, 0.05) is 12.6 Å². The van der Waals surface area contributed by atoms with Crippen LogP contribution in [0, 0.1) is 10.1 Å². The van der Waals surface area contributed by atoms with Crippen LogP contribution in [-0.2, 0) is 9.53 Å². The lowest BCUT2D eigenvalue weighted by Crippen LogP contribution is -2.40. The van der Waals surface area contributed by atoms with Gasteiger partial charge in [-0.1, -0.05) is 30.3 Å². The minimum atomic E-state index is -0.878. The molecule has 10 nitrogen and oxygen atoms in total. The maximum atomic E-state index is 11.9. The van der Waals surface area contributed by atoms with E-state index in [1.807, 2.05) is 30.3 Å². The summed E-state index contributed by atoms with van der Waals surface area (Å²) in [7, 11) is 1.33. The Balaban J connectivity index is 2.37. The van der Waals surface area contributed by atoms with Crippen molar-refractivity contribution in [1.82, 2.24) is 10.6 Å². The topological polar surface area (TPSA) is 158 Å². The standard InChI is InChI=1S/C16H26N6O4/c1-26-15(23)14(8-5-10-20-16(18)21-22(24)25)19-11-9-13(17)12-6-3-2-4-7-12/h2-4,6-7,13-14,19H,5,8-11,17H2,1H3,(H3,18,20,21)/t13?,14-/m0/s1. The number of nitrogens with two attached hydrogens (primary N) is 2. The first-order valence-corrected chi connectivity index (χ1v) is 8.28. The number of guanidine groups is 1. The van der Waals surface area contributed by atoms with Gasteiger partial charge in [0.2, 0.25) is 0 Å². The molecule has 0 saturated carbocycles. The van der Waals surface area contributed by atoms with Crippen LogP contribution in [0.25, 0.3) is 0 Å². The van der Waals surface area contributed by atoms with Crippen LogP contribution in [0.3, 0.4) is 0 Å². The molecule has 0 bridgehead atoms. The van der Waals surface area contributed by atoms with E-state index in [4.69, 9.17) is 16.2 Å². The van der Waals surface area contributed by atoms with Gasteiger partial charge in [-0.3, -0.25) is 4.79 Å². The van der Waals surface area contributed by atoms with E-state index in [0.29, 0.717) is 32.4 Å². The third-order valence-corrected chi connectivity index (χ3v) is 3.72. The van der Waals surface area contributed by atoms with Crippen LogP contribution in [0.5, 0.6) is 0 Å². The number of benzene rings is 1. The quantitative estimate of drug-likeness (QED) is 0.107. The number of rotatable bonds is 11. The number of nitro groups is 1. The van der Waals surface area contributed by atoms with E-state index < -0.39 is 11.1 Å². The number of hydrogen-bond acceptors (Lipinski definition) is 6. The van der Waals surface area contributed by atoms with Crippen LogP contribution in [0.2, 0.25) is 0 Å². The highest BCUT2D eigenvalue weighted by Gasteiger charge is 2.18. The fourth-order valence-electron chi connectivity index (χ4n) is 2.37. The highest BCUT2D eigenvalue weighted by Crippen LogP contribution is 2.12. The maximum Gasteiger partial charge on any atom is 0.322 e. The van der Waals surface area contributed by atoms with Gasteiger partial charge in [0.05, 0.1) is 7.11 Å². The molecule has 10 heteroatoms. The fourth-order valence-corrected chi connectivity index (χ4v) is 2.37. The van der Waals surface area contributed by atoms with Crippen molar-refractivity contribution in [2.24, 2.45) is 16.6 Å². The van der Waals surface area contributed by atoms with Crippen molar-refractivity contribution in [3.63, 3.8) is 0 Å². The predicted octanol–water partition coefficient (Wildman–Crippen LogP) is 0.0839. The van der Waals surface area contributed by atoms with Crippen molar-refractivity contribution in [2.45, 2.75) is 31.3 Å². The Bertz CT molecular complexity index is 596. The summed E-state index contributed by atoms with van der Waals surface area (Å²) in [4.78, 5) is 22.0. The average Bonchev–Trinajstić information content (AvgIpc) is 2.63. The summed E-state index contributed by atoms with van der Waals surface area (Å²) in [5.74, 6) is -0.642. The molecule has 1 aromatic carbocycles. The SMILES string of the molecule is COC(=O)[C@H](CCCN/C(N)=N/[N+](=O)[O-])NCCC(N)c1ccccc1. The molecule has 2 atom stereocenters. The molecule has 0 heterocycles. The minimum Gasteiger partial charge on any atom is -0.468 e. The first-order chi connectivity index (χ1) is 12.4. The molecular weight excluding hydrogens is 340 g/mol. The molecular formula is C16H26N6O4. The second-order valence-corrected chi connectivity index (χ2v) is 5.63. The molecule has 0 aliphatic rings. The number of hydrogen-bond donors (Lipinski definition) is 4. The van der Waals surface area contributed by atoms with Crippen LogP contribution >= 0.6 is 0 Å². The zero-order valence-electron chi connectivity index (χ0n) is 14.8. The van der Waals surface area contributed by atoms with Gasteiger partial charge >= 0.3 is 5.97 Å². The summed E-state index contributed by atoms with van der Waals surface area (Å²) in [5, 5.41) is 18.0. The summed E-state index contributed by atoms with van der Waals surface area (Å²) in [6, 6.07) is 9.11. The second-order valence-electron chi connectivity index (χ2n) is 5.63. The predicted molar refractivity (Wildman–Crippen MR) is 97.6 cm³/mol. The summed E-state index contributed by atoms with van der Waals surface area (Å²) in [6.07, 6.45) is 1.69. The van der Waals surface area contributed by atoms with E-state index in [0.717, 1.165) is 5.56 Å². The lowest BCUT2D eigenvalue weighted by atomic mass is 10.0. The van der Waals surface area contributed by atoms with E-state index in [1.54, 1.807) is 0 Å². The Morgan fingerprint density at radius 2 is 2.00 bits per heavy atom. The Labute approximate surface area is 152 Å². The van der Waals surface area contributed by atoms with Crippen molar-refractivity contribution in [3.05, 3.63) is 46.0 Å². The van der Waals surface area contributed by atoms with E-state index >= 15 is 0 Å². The molecule has 0 aliphatic carbocycles. The van der Waals surface area contributed by atoms with Gasteiger partial charge in [0.25, 0.3) is 5.96 Å². The summed E-state index contributed by atoms with van der Waals surface area (Å²) >= 11 is 0. The van der Waals surface area contributed by atoms with Gasteiger partial charge in [-0.25, -0.2) is 10.1 Å². The first kappa shape index (κ1) is 21.3. The Morgan fingerprint density at radius 3 is 2.62 bits per heavy atom. The second kappa shape index (κ2) is 11.8. The highest BCUT2D eigenvalue weighted by molar-refractivity contribution is 5.77. The molecule has 0 spiro atoms. The Kier molecular flexibility index (Phi) is 9.65. The van der Waals surface area contributed by atoms with Gasteiger partial charge in [0.15, 0.2) is 5.03 Å². The number of nitrogens with one attached hydrogen (secondary N) is 2. The normalized spacial score (nSPS) is 13.7.